The molecular formula is C22H22N2O4S. The molecule has 0 saturated heterocycles. The van der Waals surface area contributed by atoms with Crippen LogP contribution in [0.15, 0.2) is 47.4 Å². The molecule has 150 valence electrons. The Kier molecular flexibility index (Phi) is 6.97. The van der Waals surface area contributed by atoms with Gasteiger partial charge in [0.25, 0.3) is 0 Å². The van der Waals surface area contributed by atoms with Gasteiger partial charge in [-0.2, -0.15) is 0 Å². The highest BCUT2D eigenvalue weighted by molar-refractivity contribution is 7.07. The van der Waals surface area contributed by atoms with Gasteiger partial charge < -0.3 is 14.2 Å². The van der Waals surface area contributed by atoms with Crippen molar-refractivity contribution < 1.29 is 19.0 Å². The van der Waals surface area contributed by atoms with Crippen LogP contribution in [0.4, 0.5) is 0 Å². The number of aromatic nitrogens is 2. The highest BCUT2D eigenvalue weighted by Gasteiger charge is 2.09. The average molecular weight is 410 g/mol. The number of ether oxygens (including phenoxy) is 3. The van der Waals surface area contributed by atoms with Crippen molar-refractivity contribution in [2.75, 3.05) is 6.61 Å². The van der Waals surface area contributed by atoms with Gasteiger partial charge in [0.15, 0.2) is 0 Å². The van der Waals surface area contributed by atoms with Gasteiger partial charge in [-0.15, -0.1) is 11.3 Å². The van der Waals surface area contributed by atoms with Crippen LogP contribution in [-0.4, -0.2) is 22.5 Å². The molecule has 29 heavy (non-hydrogen) atoms. The normalized spacial score (nSPS) is 10.9. The van der Waals surface area contributed by atoms with Gasteiger partial charge in [-0.3, -0.25) is 0 Å². The van der Waals surface area contributed by atoms with Crippen molar-refractivity contribution in [3.63, 3.8) is 0 Å². The molecule has 0 amide bonds. The van der Waals surface area contributed by atoms with E-state index >= 15 is 0 Å². The summed E-state index contributed by atoms with van der Waals surface area (Å²) in [5.41, 5.74) is 5.45. The highest BCUT2D eigenvalue weighted by Crippen LogP contribution is 2.30. The van der Waals surface area contributed by atoms with Gasteiger partial charge in [-0.1, -0.05) is 0 Å². The molecule has 1 aromatic carbocycles. The van der Waals surface area contributed by atoms with E-state index in [1.54, 1.807) is 30.8 Å². The van der Waals surface area contributed by atoms with E-state index in [0.717, 1.165) is 28.1 Å². The van der Waals surface area contributed by atoms with Crippen molar-refractivity contribution >= 4 is 23.4 Å². The molecule has 0 fully saturated rings. The Balaban J connectivity index is 1.65. The first-order valence-electron chi connectivity index (χ1n) is 9.15. The van der Waals surface area contributed by atoms with Crippen LogP contribution in [0.5, 0.6) is 17.4 Å². The zero-order valence-corrected chi connectivity index (χ0v) is 17.4. The number of carbonyl (C=O) groups is 1. The molecule has 7 heteroatoms. The molecule has 2 heterocycles. The summed E-state index contributed by atoms with van der Waals surface area (Å²) in [5.74, 6) is 1.51. The Morgan fingerprint density at radius 1 is 1.17 bits per heavy atom. The monoisotopic (exact) mass is 410 g/mol. The third kappa shape index (κ3) is 5.89. The predicted molar refractivity (Wildman–Crippen MR) is 112 cm³/mol. The number of hydrogen-bond donors (Lipinski definition) is 0. The lowest BCUT2D eigenvalue weighted by Gasteiger charge is -2.12. The molecule has 0 aliphatic heterocycles. The van der Waals surface area contributed by atoms with Crippen LogP contribution in [0.3, 0.4) is 0 Å². The molecule has 0 radical (unpaired) electrons. The quantitative estimate of drug-likeness (QED) is 0.380. The van der Waals surface area contributed by atoms with Crippen LogP contribution in [0, 0.1) is 13.8 Å². The lowest BCUT2D eigenvalue weighted by atomic mass is 10.1. The molecule has 0 aliphatic carbocycles. The Hall–Kier alpha value is -3.19. The molecule has 2 aromatic heterocycles. The van der Waals surface area contributed by atoms with Gasteiger partial charge >= 0.3 is 5.97 Å². The van der Waals surface area contributed by atoms with Crippen molar-refractivity contribution in [1.29, 1.82) is 0 Å². The van der Waals surface area contributed by atoms with Crippen molar-refractivity contribution in [3.05, 3.63) is 69.8 Å². The number of nitrogens with zero attached hydrogens (tertiary/aromatic N) is 2. The minimum Gasteiger partial charge on any atom is -0.486 e. The first-order valence-corrected chi connectivity index (χ1v) is 10.1. The second-order valence-corrected chi connectivity index (χ2v) is 6.99. The van der Waals surface area contributed by atoms with Crippen molar-refractivity contribution in [3.8, 4) is 17.4 Å². The Bertz CT molecular complexity index is 960. The van der Waals surface area contributed by atoms with E-state index in [4.69, 9.17) is 14.2 Å². The van der Waals surface area contributed by atoms with Crippen molar-refractivity contribution in [2.45, 2.75) is 27.4 Å². The molecule has 0 bridgehead atoms. The summed E-state index contributed by atoms with van der Waals surface area (Å²) in [6.07, 6.45) is 4.78. The summed E-state index contributed by atoms with van der Waals surface area (Å²) >= 11 is 1.53. The lowest BCUT2D eigenvalue weighted by Crippen LogP contribution is -1.99. The van der Waals surface area contributed by atoms with E-state index in [0.29, 0.717) is 24.8 Å². The molecule has 0 unspecified atom stereocenters. The fourth-order valence-corrected chi connectivity index (χ4v) is 3.22. The third-order valence-electron chi connectivity index (χ3n) is 3.97. The molecule has 0 spiro atoms. The van der Waals surface area contributed by atoms with Crippen LogP contribution >= 0.6 is 11.3 Å². The van der Waals surface area contributed by atoms with E-state index in [9.17, 15) is 4.79 Å². The van der Waals surface area contributed by atoms with Crippen LogP contribution in [0.2, 0.25) is 0 Å². The summed E-state index contributed by atoms with van der Waals surface area (Å²) in [4.78, 5) is 20.0. The molecule has 3 aromatic rings. The zero-order valence-electron chi connectivity index (χ0n) is 16.5. The Morgan fingerprint density at radius 2 is 1.97 bits per heavy atom. The topological polar surface area (TPSA) is 70.5 Å². The average Bonchev–Trinajstić information content (AvgIpc) is 3.22. The molecule has 0 atom stereocenters. The van der Waals surface area contributed by atoms with E-state index in [2.05, 4.69) is 9.97 Å². The van der Waals surface area contributed by atoms with Crippen LogP contribution in [0.1, 0.15) is 29.3 Å². The molecule has 6 nitrogen and oxygen atoms in total. The first kappa shape index (κ1) is 20.5. The van der Waals surface area contributed by atoms with Gasteiger partial charge in [0.2, 0.25) is 5.88 Å². The molecule has 0 N–H and O–H groups in total. The highest BCUT2D eigenvalue weighted by atomic mass is 32.1. The van der Waals surface area contributed by atoms with Crippen LogP contribution in [-0.2, 0) is 16.1 Å². The standard InChI is InChI=1S/C22H22N2O4S/c1-4-26-21(25)8-5-17-9-15(2)22(16(3)10-17)28-20-7-6-19(11-23-20)27-12-18-13-29-14-24-18/h5-11,13-14H,4,12H2,1-3H3. The van der Waals surface area contributed by atoms with Gasteiger partial charge in [0.1, 0.15) is 18.1 Å². The molecule has 0 saturated carbocycles. The van der Waals surface area contributed by atoms with Gasteiger partial charge in [0, 0.05) is 17.5 Å². The van der Waals surface area contributed by atoms with E-state index < -0.39 is 0 Å². The Labute approximate surface area is 173 Å². The van der Waals surface area contributed by atoms with Gasteiger partial charge in [-0.05, 0) is 61.7 Å². The number of pyridine rings is 1. The summed E-state index contributed by atoms with van der Waals surface area (Å²) in [7, 11) is 0. The number of aryl methyl sites for hydroxylation is 2. The number of esters is 1. The number of carbonyl (C=O) groups excluding carboxylic acids is 1. The second kappa shape index (κ2) is 9.84. The zero-order chi connectivity index (χ0) is 20.6. The summed E-state index contributed by atoms with van der Waals surface area (Å²) in [6.45, 7) is 6.45. The SMILES string of the molecule is CCOC(=O)C=Cc1cc(C)c(Oc2ccc(OCc3cscn3)cn2)c(C)c1. The van der Waals surface area contributed by atoms with Crippen molar-refractivity contribution in [1.82, 2.24) is 9.97 Å². The summed E-state index contributed by atoms with van der Waals surface area (Å²) in [6, 6.07) is 7.48. The molecular weight excluding hydrogens is 388 g/mol. The number of hydrogen-bond acceptors (Lipinski definition) is 7. The third-order valence-corrected chi connectivity index (χ3v) is 4.60. The van der Waals surface area contributed by atoms with Crippen molar-refractivity contribution in [2.24, 2.45) is 0 Å². The second-order valence-electron chi connectivity index (χ2n) is 6.27. The minimum atomic E-state index is -0.357. The van der Waals surface area contributed by atoms with Gasteiger partial charge in [0.05, 0.1) is 24.0 Å². The maximum absolute atomic E-state index is 11.5. The lowest BCUT2D eigenvalue weighted by molar-refractivity contribution is -0.137. The summed E-state index contributed by atoms with van der Waals surface area (Å²) < 4.78 is 16.5. The van der Waals surface area contributed by atoms with E-state index in [1.807, 2.05) is 37.4 Å². The largest absolute Gasteiger partial charge is 0.486 e. The number of thiazole rings is 1. The molecule has 3 rings (SSSR count). The van der Waals surface area contributed by atoms with E-state index in [1.165, 1.54) is 17.4 Å². The maximum Gasteiger partial charge on any atom is 0.330 e. The van der Waals surface area contributed by atoms with Gasteiger partial charge in [-0.25, -0.2) is 14.8 Å². The van der Waals surface area contributed by atoms with Crippen LogP contribution in [0.25, 0.3) is 6.08 Å². The van der Waals surface area contributed by atoms with Crippen LogP contribution < -0.4 is 9.47 Å². The fourth-order valence-electron chi connectivity index (χ4n) is 2.68. The maximum atomic E-state index is 11.5. The Morgan fingerprint density at radius 3 is 2.59 bits per heavy atom. The smallest absolute Gasteiger partial charge is 0.330 e. The number of benzene rings is 1. The van der Waals surface area contributed by atoms with E-state index in [-0.39, 0.29) is 5.97 Å². The molecule has 0 aliphatic rings. The fraction of sp³-hybridized carbons (Fsp3) is 0.227. The minimum absolute atomic E-state index is 0.357. The first-order chi connectivity index (χ1) is 14.0. The predicted octanol–water partition coefficient (Wildman–Crippen LogP) is 5.10. The number of rotatable bonds is 8. The summed E-state index contributed by atoms with van der Waals surface area (Å²) in [5, 5.41) is 1.95.